The average Bonchev–Trinajstić information content (AvgIpc) is 2.48. The van der Waals surface area contributed by atoms with Crippen LogP contribution in [-0.2, 0) is 0 Å². The molecule has 2 rings (SSSR count). The summed E-state index contributed by atoms with van der Waals surface area (Å²) in [7, 11) is 0. The molecular weight excluding hydrogens is 276 g/mol. The highest BCUT2D eigenvalue weighted by Gasteiger charge is 2.26. The van der Waals surface area contributed by atoms with Gasteiger partial charge in [-0.2, -0.15) is 5.26 Å². The highest BCUT2D eigenvalue weighted by molar-refractivity contribution is 6.31. The van der Waals surface area contributed by atoms with Gasteiger partial charge in [0.25, 0.3) is 5.91 Å². The van der Waals surface area contributed by atoms with Crippen LogP contribution in [0.15, 0.2) is 18.2 Å². The van der Waals surface area contributed by atoms with E-state index in [1.54, 1.807) is 0 Å². The largest absolute Gasteiger partial charge is 0.507 e. The summed E-state index contributed by atoms with van der Waals surface area (Å²) in [6.45, 7) is 0. The highest BCUT2D eigenvalue weighted by Crippen LogP contribution is 2.27. The van der Waals surface area contributed by atoms with Crippen molar-refractivity contribution in [3.63, 3.8) is 0 Å². The van der Waals surface area contributed by atoms with Gasteiger partial charge in [-0.1, -0.05) is 30.9 Å². The van der Waals surface area contributed by atoms with E-state index in [4.69, 9.17) is 11.6 Å². The number of carbonyl (C=O) groups is 1. The fourth-order valence-electron chi connectivity index (χ4n) is 2.63. The second kappa shape index (κ2) is 6.62. The van der Waals surface area contributed by atoms with Crippen molar-refractivity contribution in [3.05, 3.63) is 28.8 Å². The van der Waals surface area contributed by atoms with E-state index in [2.05, 4.69) is 11.4 Å². The van der Waals surface area contributed by atoms with Crippen LogP contribution in [0, 0.1) is 17.2 Å². The summed E-state index contributed by atoms with van der Waals surface area (Å²) in [4.78, 5) is 12.1. The summed E-state index contributed by atoms with van der Waals surface area (Å²) >= 11 is 5.82. The van der Waals surface area contributed by atoms with Crippen LogP contribution in [0.25, 0.3) is 0 Å². The maximum atomic E-state index is 12.1. The normalized spacial score (nSPS) is 17.2. The zero-order chi connectivity index (χ0) is 14.5. The van der Waals surface area contributed by atoms with Crippen LogP contribution in [0.2, 0.25) is 5.02 Å². The SMILES string of the molecule is N#CC(NC(=O)c1cc(Cl)ccc1O)C1CCCCC1. The van der Waals surface area contributed by atoms with Gasteiger partial charge in [-0.05, 0) is 37.0 Å². The Morgan fingerprint density at radius 1 is 1.40 bits per heavy atom. The number of carbonyl (C=O) groups excluding carboxylic acids is 1. The first-order valence-corrected chi connectivity index (χ1v) is 7.18. The number of aromatic hydroxyl groups is 1. The third-order valence-corrected chi connectivity index (χ3v) is 3.99. The van der Waals surface area contributed by atoms with Crippen LogP contribution in [0.3, 0.4) is 0 Å². The van der Waals surface area contributed by atoms with Crippen LogP contribution in [0.1, 0.15) is 42.5 Å². The summed E-state index contributed by atoms with van der Waals surface area (Å²) in [5, 5.41) is 22.0. The number of hydrogen-bond donors (Lipinski definition) is 2. The Bertz CT molecular complexity index is 533. The summed E-state index contributed by atoms with van der Waals surface area (Å²) < 4.78 is 0. The molecule has 1 fully saturated rings. The predicted molar refractivity (Wildman–Crippen MR) is 76.6 cm³/mol. The van der Waals surface area contributed by atoms with E-state index in [0.717, 1.165) is 25.7 Å². The second-order valence-corrected chi connectivity index (χ2v) is 5.58. The molecule has 1 aromatic rings. The maximum Gasteiger partial charge on any atom is 0.256 e. The number of nitrogens with zero attached hydrogens (tertiary/aromatic N) is 1. The Kier molecular flexibility index (Phi) is 4.86. The third kappa shape index (κ3) is 3.43. The van der Waals surface area contributed by atoms with Gasteiger partial charge in [0.15, 0.2) is 0 Å². The van der Waals surface area contributed by atoms with Crippen LogP contribution < -0.4 is 5.32 Å². The molecule has 4 nitrogen and oxygen atoms in total. The quantitative estimate of drug-likeness (QED) is 0.898. The molecule has 0 heterocycles. The van der Waals surface area contributed by atoms with Gasteiger partial charge in [-0.15, -0.1) is 0 Å². The number of benzene rings is 1. The number of nitrogens with one attached hydrogen (secondary N) is 1. The van der Waals surface area contributed by atoms with Crippen molar-refractivity contribution in [1.29, 1.82) is 5.26 Å². The lowest BCUT2D eigenvalue weighted by atomic mass is 9.84. The number of phenolic OH excluding ortho intramolecular Hbond substituents is 1. The van der Waals surface area contributed by atoms with Gasteiger partial charge >= 0.3 is 0 Å². The molecule has 0 aliphatic heterocycles. The molecule has 2 N–H and O–H groups in total. The molecule has 0 spiro atoms. The lowest BCUT2D eigenvalue weighted by molar-refractivity contribution is 0.0926. The van der Waals surface area contributed by atoms with E-state index in [1.165, 1.54) is 24.6 Å². The van der Waals surface area contributed by atoms with Gasteiger partial charge in [0.1, 0.15) is 11.8 Å². The monoisotopic (exact) mass is 292 g/mol. The van der Waals surface area contributed by atoms with Crippen molar-refractivity contribution < 1.29 is 9.90 Å². The predicted octanol–water partition coefficient (Wildman–Crippen LogP) is 3.25. The van der Waals surface area contributed by atoms with Crippen molar-refractivity contribution in [1.82, 2.24) is 5.32 Å². The standard InChI is InChI=1S/C15H17ClN2O2/c16-11-6-7-14(19)12(8-11)15(20)18-13(9-17)10-4-2-1-3-5-10/h6-8,10,13,19H,1-5H2,(H,18,20). The van der Waals surface area contributed by atoms with Gasteiger partial charge in [0.2, 0.25) is 0 Å². The number of nitriles is 1. The minimum Gasteiger partial charge on any atom is -0.507 e. The molecule has 106 valence electrons. The zero-order valence-corrected chi connectivity index (χ0v) is 11.9. The summed E-state index contributed by atoms with van der Waals surface area (Å²) in [6, 6.07) is 5.94. The molecule has 0 radical (unpaired) electrons. The Morgan fingerprint density at radius 3 is 2.75 bits per heavy atom. The van der Waals surface area contributed by atoms with Crippen LogP contribution in [-0.4, -0.2) is 17.1 Å². The molecule has 5 heteroatoms. The molecule has 1 aromatic carbocycles. The summed E-state index contributed by atoms with van der Waals surface area (Å²) in [6.07, 6.45) is 5.31. The van der Waals surface area contributed by atoms with Crippen molar-refractivity contribution in [3.8, 4) is 11.8 Å². The molecule has 1 atom stereocenters. The highest BCUT2D eigenvalue weighted by atomic mass is 35.5. The Hall–Kier alpha value is -1.73. The van der Waals surface area contributed by atoms with E-state index in [0.29, 0.717) is 5.02 Å². The minimum absolute atomic E-state index is 0.105. The van der Waals surface area contributed by atoms with Gasteiger partial charge < -0.3 is 10.4 Å². The van der Waals surface area contributed by atoms with E-state index in [1.807, 2.05) is 0 Å². The Balaban J connectivity index is 2.09. The van der Waals surface area contributed by atoms with E-state index >= 15 is 0 Å². The van der Waals surface area contributed by atoms with E-state index in [9.17, 15) is 15.2 Å². The van der Waals surface area contributed by atoms with Crippen LogP contribution in [0.5, 0.6) is 5.75 Å². The lowest BCUT2D eigenvalue weighted by Crippen LogP contribution is -2.40. The molecule has 20 heavy (non-hydrogen) atoms. The van der Waals surface area contributed by atoms with Crippen molar-refractivity contribution in [2.45, 2.75) is 38.1 Å². The first-order valence-electron chi connectivity index (χ1n) is 6.81. The van der Waals surface area contributed by atoms with Gasteiger partial charge in [-0.3, -0.25) is 4.79 Å². The molecular formula is C15H17ClN2O2. The first kappa shape index (κ1) is 14.7. The summed E-state index contributed by atoms with van der Waals surface area (Å²) in [5.74, 6) is -0.395. The van der Waals surface area contributed by atoms with E-state index in [-0.39, 0.29) is 17.2 Å². The molecule has 0 saturated heterocycles. The van der Waals surface area contributed by atoms with Crippen LogP contribution >= 0.6 is 11.6 Å². The number of phenols is 1. The van der Waals surface area contributed by atoms with Gasteiger partial charge in [0, 0.05) is 5.02 Å². The first-order chi connectivity index (χ1) is 9.61. The number of halogens is 1. The van der Waals surface area contributed by atoms with Gasteiger partial charge in [0.05, 0.1) is 11.6 Å². The smallest absolute Gasteiger partial charge is 0.256 e. The molecule has 1 amide bonds. The number of amides is 1. The zero-order valence-electron chi connectivity index (χ0n) is 11.1. The minimum atomic E-state index is -0.513. The van der Waals surface area contributed by atoms with Gasteiger partial charge in [-0.25, -0.2) is 0 Å². The molecule has 1 unspecified atom stereocenters. The molecule has 1 aliphatic carbocycles. The van der Waals surface area contributed by atoms with Crippen molar-refractivity contribution in [2.75, 3.05) is 0 Å². The second-order valence-electron chi connectivity index (χ2n) is 5.14. The number of rotatable bonds is 3. The Labute approximate surface area is 123 Å². The molecule has 0 aromatic heterocycles. The van der Waals surface area contributed by atoms with Crippen molar-refractivity contribution in [2.24, 2.45) is 5.92 Å². The molecule has 0 bridgehead atoms. The van der Waals surface area contributed by atoms with Crippen molar-refractivity contribution >= 4 is 17.5 Å². The maximum absolute atomic E-state index is 12.1. The fourth-order valence-corrected chi connectivity index (χ4v) is 2.80. The van der Waals surface area contributed by atoms with Crippen LogP contribution in [0.4, 0.5) is 0 Å². The topological polar surface area (TPSA) is 73.1 Å². The summed E-state index contributed by atoms with van der Waals surface area (Å²) in [5.41, 5.74) is 0.105. The lowest BCUT2D eigenvalue weighted by Gasteiger charge is -2.26. The molecule has 1 saturated carbocycles. The fraction of sp³-hybridized carbons (Fsp3) is 0.467. The van der Waals surface area contributed by atoms with E-state index < -0.39 is 11.9 Å². The third-order valence-electron chi connectivity index (χ3n) is 3.75. The number of hydrogen-bond acceptors (Lipinski definition) is 3. The Morgan fingerprint density at radius 2 is 2.10 bits per heavy atom. The average molecular weight is 293 g/mol. The molecule has 1 aliphatic rings.